The minimum atomic E-state index is 0. The zero-order valence-electron chi connectivity index (χ0n) is 11.3. The second kappa shape index (κ2) is 6.06. The summed E-state index contributed by atoms with van der Waals surface area (Å²) in [6.45, 7) is 3.87. The van der Waals surface area contributed by atoms with Gasteiger partial charge in [-0.3, -0.25) is 0 Å². The summed E-state index contributed by atoms with van der Waals surface area (Å²) < 4.78 is 10.6. The Morgan fingerprint density at radius 1 is 1.00 bits per heavy atom. The summed E-state index contributed by atoms with van der Waals surface area (Å²) >= 11 is 0. The van der Waals surface area contributed by atoms with E-state index in [0.717, 1.165) is 22.2 Å². The number of ether oxygens (including phenoxy) is 2. The van der Waals surface area contributed by atoms with Crippen LogP contribution in [0.1, 0.15) is 17.0 Å². The molecule has 4 nitrogen and oxygen atoms in total. The first-order valence-corrected chi connectivity index (χ1v) is 5.60. The molecule has 0 radical (unpaired) electrons. The number of fused-ring (bicyclic) bond motifs is 1. The first kappa shape index (κ1) is 15.5. The molecule has 0 fully saturated rings. The van der Waals surface area contributed by atoms with E-state index < -0.39 is 0 Å². The first-order valence-electron chi connectivity index (χ1n) is 5.60. The third-order valence-corrected chi connectivity index (χ3v) is 3.06. The molecule has 0 aliphatic heterocycles. The molecule has 1 N–H and O–H groups in total. The SMILES string of the molecule is COc1cc2c(C)[nH+]c(C)c(C#N)c2cc1OC.[I-]. The van der Waals surface area contributed by atoms with Crippen molar-refractivity contribution in [1.82, 2.24) is 0 Å². The van der Waals surface area contributed by atoms with Gasteiger partial charge in [0, 0.05) is 19.2 Å². The van der Waals surface area contributed by atoms with Crippen LogP contribution in [0.25, 0.3) is 10.8 Å². The number of hydrogen-bond acceptors (Lipinski definition) is 3. The number of halogens is 1. The summed E-state index contributed by atoms with van der Waals surface area (Å²) in [5.41, 5.74) is 2.49. The number of rotatable bonds is 2. The van der Waals surface area contributed by atoms with Crippen molar-refractivity contribution < 1.29 is 38.4 Å². The van der Waals surface area contributed by atoms with Gasteiger partial charge in [0.1, 0.15) is 11.6 Å². The molecule has 1 heterocycles. The molecule has 2 aromatic rings. The summed E-state index contributed by atoms with van der Waals surface area (Å²) in [5.74, 6) is 1.29. The molecule has 100 valence electrons. The van der Waals surface area contributed by atoms with Crippen molar-refractivity contribution in [2.75, 3.05) is 14.2 Å². The Kier molecular flexibility index (Phi) is 4.95. The fourth-order valence-corrected chi connectivity index (χ4v) is 2.15. The molecule has 1 aromatic carbocycles. The predicted octanol–water partition coefficient (Wildman–Crippen LogP) is -0.836. The summed E-state index contributed by atoms with van der Waals surface area (Å²) in [7, 11) is 3.19. The Hall–Kier alpha value is -1.55. The van der Waals surface area contributed by atoms with Crippen LogP contribution >= 0.6 is 0 Å². The number of methoxy groups -OCH3 is 2. The second-order valence-corrected chi connectivity index (χ2v) is 4.11. The highest BCUT2D eigenvalue weighted by molar-refractivity contribution is 5.91. The van der Waals surface area contributed by atoms with Crippen LogP contribution in [0.5, 0.6) is 11.5 Å². The highest BCUT2D eigenvalue weighted by atomic mass is 127. The first-order chi connectivity index (χ1) is 8.62. The van der Waals surface area contributed by atoms with Crippen molar-refractivity contribution in [2.24, 2.45) is 0 Å². The fourth-order valence-electron chi connectivity index (χ4n) is 2.15. The third kappa shape index (κ3) is 2.59. The monoisotopic (exact) mass is 370 g/mol. The van der Waals surface area contributed by atoms with Crippen molar-refractivity contribution in [3.63, 3.8) is 0 Å². The van der Waals surface area contributed by atoms with Crippen molar-refractivity contribution in [3.05, 3.63) is 29.1 Å². The van der Waals surface area contributed by atoms with E-state index in [1.54, 1.807) is 14.2 Å². The number of aromatic nitrogens is 1. The number of aryl methyl sites for hydroxylation is 2. The van der Waals surface area contributed by atoms with Crippen LogP contribution in [0.15, 0.2) is 12.1 Å². The number of H-pyrrole nitrogens is 1. The van der Waals surface area contributed by atoms with Gasteiger partial charge in [-0.25, -0.2) is 4.98 Å². The third-order valence-electron chi connectivity index (χ3n) is 3.06. The number of nitriles is 1. The van der Waals surface area contributed by atoms with E-state index >= 15 is 0 Å². The predicted molar refractivity (Wildman–Crippen MR) is 67.8 cm³/mol. The molecule has 2 rings (SSSR count). The lowest BCUT2D eigenvalue weighted by Crippen LogP contribution is -3.00. The summed E-state index contributed by atoms with van der Waals surface area (Å²) in [4.78, 5) is 3.20. The zero-order chi connectivity index (χ0) is 13.3. The molecule has 5 heteroatoms. The van der Waals surface area contributed by atoms with Crippen LogP contribution in [0, 0.1) is 25.2 Å². The topological polar surface area (TPSA) is 56.4 Å². The number of aromatic amines is 1. The average Bonchev–Trinajstić information content (AvgIpc) is 2.37. The maximum absolute atomic E-state index is 9.26. The van der Waals surface area contributed by atoms with Gasteiger partial charge in [0.15, 0.2) is 22.9 Å². The standard InChI is InChI=1S/C14H14N2O2.HI/c1-8-10-5-13(17-3)14(18-4)6-11(10)12(7-15)9(2)16-8;/h5-6H,1-4H3;1H. The number of nitrogens with zero attached hydrogens (tertiary/aromatic N) is 1. The number of hydrogen-bond donors (Lipinski definition) is 0. The Morgan fingerprint density at radius 3 is 2.00 bits per heavy atom. The molecule has 0 aliphatic rings. The average molecular weight is 370 g/mol. The molecule has 0 atom stereocenters. The van der Waals surface area contributed by atoms with Crippen LogP contribution in [0.4, 0.5) is 0 Å². The minimum Gasteiger partial charge on any atom is -1.00 e. The molecular formula is C14H15IN2O2. The summed E-state index contributed by atoms with van der Waals surface area (Å²) in [5, 5.41) is 11.1. The van der Waals surface area contributed by atoms with Crippen LogP contribution in [-0.4, -0.2) is 14.2 Å². The molecule has 0 saturated heterocycles. The van der Waals surface area contributed by atoms with Crippen molar-refractivity contribution >= 4 is 10.8 Å². The lowest BCUT2D eigenvalue weighted by atomic mass is 10.0. The van der Waals surface area contributed by atoms with Gasteiger partial charge < -0.3 is 33.5 Å². The maximum atomic E-state index is 9.26. The minimum absolute atomic E-state index is 0. The van der Waals surface area contributed by atoms with E-state index in [9.17, 15) is 5.26 Å². The molecule has 0 saturated carbocycles. The molecule has 0 amide bonds. The van der Waals surface area contributed by atoms with E-state index in [1.165, 1.54) is 0 Å². The Labute approximate surface area is 129 Å². The maximum Gasteiger partial charge on any atom is 0.195 e. The smallest absolute Gasteiger partial charge is 0.195 e. The van der Waals surface area contributed by atoms with Gasteiger partial charge >= 0.3 is 0 Å². The van der Waals surface area contributed by atoms with Gasteiger partial charge in [0.05, 0.1) is 19.6 Å². The number of benzene rings is 1. The highest BCUT2D eigenvalue weighted by Gasteiger charge is 2.17. The van der Waals surface area contributed by atoms with Crippen LogP contribution in [-0.2, 0) is 0 Å². The van der Waals surface area contributed by atoms with Gasteiger partial charge in [-0.2, -0.15) is 5.26 Å². The summed E-state index contributed by atoms with van der Waals surface area (Å²) in [6.07, 6.45) is 0. The molecule has 0 spiro atoms. The number of nitrogens with one attached hydrogen (secondary N) is 1. The van der Waals surface area contributed by atoms with Crippen LogP contribution in [0.3, 0.4) is 0 Å². The van der Waals surface area contributed by atoms with Gasteiger partial charge in [-0.1, -0.05) is 0 Å². The van der Waals surface area contributed by atoms with E-state index in [4.69, 9.17) is 9.47 Å². The van der Waals surface area contributed by atoms with Crippen molar-refractivity contribution in [3.8, 4) is 17.6 Å². The summed E-state index contributed by atoms with van der Waals surface area (Å²) in [6, 6.07) is 5.96. The molecular weight excluding hydrogens is 355 g/mol. The molecule has 1 aromatic heterocycles. The Bertz CT molecular complexity index is 663. The largest absolute Gasteiger partial charge is 1.00 e. The van der Waals surface area contributed by atoms with Gasteiger partial charge in [-0.15, -0.1) is 0 Å². The quantitative estimate of drug-likeness (QED) is 0.649. The van der Waals surface area contributed by atoms with Crippen LogP contribution < -0.4 is 38.4 Å². The van der Waals surface area contributed by atoms with E-state index in [2.05, 4.69) is 11.1 Å². The Balaban J connectivity index is 0.00000180. The Morgan fingerprint density at radius 2 is 1.53 bits per heavy atom. The number of pyridine rings is 1. The second-order valence-electron chi connectivity index (χ2n) is 4.11. The lowest BCUT2D eigenvalue weighted by molar-refractivity contribution is -0.394. The molecule has 0 aliphatic carbocycles. The molecule has 0 bridgehead atoms. The van der Waals surface area contributed by atoms with Crippen molar-refractivity contribution in [1.29, 1.82) is 5.26 Å². The van der Waals surface area contributed by atoms with Gasteiger partial charge in [-0.05, 0) is 12.1 Å². The van der Waals surface area contributed by atoms with Gasteiger partial charge in [0.2, 0.25) is 0 Å². The van der Waals surface area contributed by atoms with Crippen LogP contribution in [0.2, 0.25) is 0 Å². The van der Waals surface area contributed by atoms with Gasteiger partial charge in [0.25, 0.3) is 0 Å². The fraction of sp³-hybridized carbons (Fsp3) is 0.286. The highest BCUT2D eigenvalue weighted by Crippen LogP contribution is 2.34. The van der Waals surface area contributed by atoms with E-state index in [-0.39, 0.29) is 24.0 Å². The van der Waals surface area contributed by atoms with E-state index in [0.29, 0.717) is 17.1 Å². The zero-order valence-corrected chi connectivity index (χ0v) is 13.5. The molecule has 19 heavy (non-hydrogen) atoms. The lowest BCUT2D eigenvalue weighted by Gasteiger charge is -2.10. The normalized spacial score (nSPS) is 9.63. The van der Waals surface area contributed by atoms with Crippen molar-refractivity contribution in [2.45, 2.75) is 13.8 Å². The van der Waals surface area contributed by atoms with E-state index in [1.807, 2.05) is 26.0 Å². The molecule has 0 unspecified atom stereocenters.